The van der Waals surface area contributed by atoms with Crippen LogP contribution in [0.25, 0.3) is 11.5 Å². The van der Waals surface area contributed by atoms with Gasteiger partial charge in [0.15, 0.2) is 5.60 Å². The molecular formula is C15H16N2O3S. The van der Waals surface area contributed by atoms with Gasteiger partial charge in [0.25, 0.3) is 5.91 Å². The number of aromatic nitrogens is 1. The van der Waals surface area contributed by atoms with Crippen LogP contribution in [0.1, 0.15) is 12.0 Å². The van der Waals surface area contributed by atoms with Gasteiger partial charge in [-0.15, -0.1) is 0 Å². The third kappa shape index (κ3) is 2.82. The summed E-state index contributed by atoms with van der Waals surface area (Å²) in [5.74, 6) is 1.40. The third-order valence-electron chi connectivity index (χ3n) is 3.59. The van der Waals surface area contributed by atoms with E-state index in [1.165, 1.54) is 6.26 Å². The van der Waals surface area contributed by atoms with E-state index in [-0.39, 0.29) is 5.91 Å². The van der Waals surface area contributed by atoms with Crippen LogP contribution in [0.5, 0.6) is 0 Å². The Balaban J connectivity index is 1.85. The first-order valence-electron chi connectivity index (χ1n) is 6.71. The number of carbonyl (C=O) groups excluding carboxylic acids is 1. The van der Waals surface area contributed by atoms with Crippen LogP contribution < -0.4 is 5.32 Å². The molecule has 1 aliphatic heterocycles. The fraction of sp³-hybridized carbons (Fsp3) is 0.333. The standard InChI is InChI=1S/C15H16N2O3S/c1-10-2-3-11(13-16-5-6-20-13)8-12(10)17-14(18)15(19)4-7-21-9-15/h2-3,5-6,8,19H,4,7,9H2,1H3,(H,17,18). The van der Waals surface area contributed by atoms with Gasteiger partial charge < -0.3 is 14.8 Å². The second kappa shape index (κ2) is 5.54. The van der Waals surface area contributed by atoms with Crippen molar-refractivity contribution in [1.29, 1.82) is 0 Å². The van der Waals surface area contributed by atoms with Crippen molar-refractivity contribution < 1.29 is 14.3 Å². The average molecular weight is 304 g/mol. The summed E-state index contributed by atoms with van der Waals surface area (Å²) in [4.78, 5) is 16.4. The van der Waals surface area contributed by atoms with E-state index in [0.717, 1.165) is 16.9 Å². The Hall–Kier alpha value is -1.79. The minimum absolute atomic E-state index is 0.347. The number of nitrogens with zero attached hydrogens (tertiary/aromatic N) is 1. The molecule has 1 amide bonds. The Morgan fingerprint density at radius 3 is 3.05 bits per heavy atom. The summed E-state index contributed by atoms with van der Waals surface area (Å²) in [6.07, 6.45) is 3.57. The highest BCUT2D eigenvalue weighted by Gasteiger charge is 2.39. The predicted molar refractivity (Wildman–Crippen MR) is 82.2 cm³/mol. The molecule has 1 fully saturated rings. The van der Waals surface area contributed by atoms with Gasteiger partial charge >= 0.3 is 0 Å². The second-order valence-electron chi connectivity index (χ2n) is 5.16. The number of oxazole rings is 1. The Morgan fingerprint density at radius 2 is 2.38 bits per heavy atom. The van der Waals surface area contributed by atoms with Crippen molar-refractivity contribution in [3.63, 3.8) is 0 Å². The first-order chi connectivity index (χ1) is 10.1. The van der Waals surface area contributed by atoms with E-state index < -0.39 is 5.60 Å². The Morgan fingerprint density at radius 1 is 1.52 bits per heavy atom. The number of carbonyl (C=O) groups is 1. The maximum absolute atomic E-state index is 12.3. The van der Waals surface area contributed by atoms with E-state index in [0.29, 0.717) is 23.8 Å². The first kappa shape index (κ1) is 14.2. The molecule has 5 nitrogen and oxygen atoms in total. The zero-order chi connectivity index (χ0) is 14.9. The number of benzene rings is 1. The Labute approximate surface area is 126 Å². The molecule has 0 aliphatic carbocycles. The summed E-state index contributed by atoms with van der Waals surface area (Å²) >= 11 is 1.59. The summed E-state index contributed by atoms with van der Waals surface area (Å²) in [6.45, 7) is 1.91. The molecule has 0 saturated carbocycles. The Kier molecular flexibility index (Phi) is 3.73. The van der Waals surface area contributed by atoms with Gasteiger partial charge in [-0.05, 0) is 36.8 Å². The molecular weight excluding hydrogens is 288 g/mol. The molecule has 0 spiro atoms. The van der Waals surface area contributed by atoms with E-state index in [1.54, 1.807) is 18.0 Å². The van der Waals surface area contributed by atoms with Gasteiger partial charge in [0, 0.05) is 17.0 Å². The fourth-order valence-corrected chi connectivity index (χ4v) is 3.47. The average Bonchev–Trinajstić information content (AvgIpc) is 3.13. The number of rotatable bonds is 3. The quantitative estimate of drug-likeness (QED) is 0.911. The van der Waals surface area contributed by atoms with Crippen molar-refractivity contribution in [1.82, 2.24) is 4.98 Å². The van der Waals surface area contributed by atoms with Crippen LogP contribution in [0.4, 0.5) is 5.69 Å². The van der Waals surface area contributed by atoms with Gasteiger partial charge in [-0.3, -0.25) is 4.79 Å². The molecule has 1 aromatic carbocycles. The van der Waals surface area contributed by atoms with Crippen LogP contribution in [-0.2, 0) is 4.79 Å². The smallest absolute Gasteiger partial charge is 0.257 e. The van der Waals surface area contributed by atoms with Crippen molar-refractivity contribution in [2.24, 2.45) is 0 Å². The van der Waals surface area contributed by atoms with Crippen LogP contribution in [0, 0.1) is 6.92 Å². The second-order valence-corrected chi connectivity index (χ2v) is 6.26. The maximum atomic E-state index is 12.3. The van der Waals surface area contributed by atoms with Crippen LogP contribution in [0.3, 0.4) is 0 Å². The predicted octanol–water partition coefficient (Wildman–Crippen LogP) is 2.46. The van der Waals surface area contributed by atoms with Gasteiger partial charge in [-0.2, -0.15) is 11.8 Å². The van der Waals surface area contributed by atoms with Gasteiger partial charge in [0.05, 0.1) is 6.20 Å². The highest BCUT2D eigenvalue weighted by Crippen LogP contribution is 2.30. The third-order valence-corrected chi connectivity index (χ3v) is 4.76. The van der Waals surface area contributed by atoms with Crippen molar-refractivity contribution in [2.45, 2.75) is 18.9 Å². The van der Waals surface area contributed by atoms with Gasteiger partial charge in [0.1, 0.15) is 6.26 Å². The molecule has 3 rings (SSSR count). The number of hydrogen-bond acceptors (Lipinski definition) is 5. The first-order valence-corrected chi connectivity index (χ1v) is 7.86. The van der Waals surface area contributed by atoms with E-state index in [1.807, 2.05) is 25.1 Å². The molecule has 6 heteroatoms. The van der Waals surface area contributed by atoms with Crippen LogP contribution in [0.15, 0.2) is 35.1 Å². The van der Waals surface area contributed by atoms with Gasteiger partial charge in [0.2, 0.25) is 5.89 Å². The fourth-order valence-electron chi connectivity index (χ4n) is 2.23. The van der Waals surface area contributed by atoms with Crippen LogP contribution in [-0.4, -0.2) is 33.1 Å². The molecule has 0 bridgehead atoms. The van der Waals surface area contributed by atoms with E-state index in [9.17, 15) is 9.90 Å². The number of anilines is 1. The zero-order valence-corrected chi connectivity index (χ0v) is 12.4. The number of thioether (sulfide) groups is 1. The molecule has 1 aliphatic rings. The lowest BCUT2D eigenvalue weighted by Gasteiger charge is -2.21. The Bertz CT molecular complexity index is 649. The summed E-state index contributed by atoms with van der Waals surface area (Å²) in [7, 11) is 0. The highest BCUT2D eigenvalue weighted by molar-refractivity contribution is 7.99. The highest BCUT2D eigenvalue weighted by atomic mass is 32.2. The molecule has 2 aromatic rings. The zero-order valence-electron chi connectivity index (χ0n) is 11.6. The lowest BCUT2D eigenvalue weighted by atomic mass is 10.0. The minimum atomic E-state index is -1.27. The normalized spacial score (nSPS) is 21.4. The van der Waals surface area contributed by atoms with Crippen molar-refractivity contribution in [3.05, 3.63) is 36.2 Å². The SMILES string of the molecule is Cc1ccc(-c2ncco2)cc1NC(=O)C1(O)CCSC1. The molecule has 0 radical (unpaired) electrons. The van der Waals surface area contributed by atoms with Crippen LogP contribution in [0.2, 0.25) is 0 Å². The lowest BCUT2D eigenvalue weighted by molar-refractivity contribution is -0.131. The van der Waals surface area contributed by atoms with E-state index >= 15 is 0 Å². The summed E-state index contributed by atoms with van der Waals surface area (Å²) in [6, 6.07) is 5.59. The minimum Gasteiger partial charge on any atom is -0.445 e. The molecule has 110 valence electrons. The molecule has 21 heavy (non-hydrogen) atoms. The molecule has 2 N–H and O–H groups in total. The van der Waals surface area contributed by atoms with Crippen molar-refractivity contribution in [2.75, 3.05) is 16.8 Å². The topological polar surface area (TPSA) is 75.4 Å². The summed E-state index contributed by atoms with van der Waals surface area (Å²) < 4.78 is 5.26. The van der Waals surface area contributed by atoms with E-state index in [2.05, 4.69) is 10.3 Å². The van der Waals surface area contributed by atoms with Gasteiger partial charge in [-0.1, -0.05) is 6.07 Å². The van der Waals surface area contributed by atoms with Gasteiger partial charge in [-0.25, -0.2) is 4.98 Å². The molecule has 1 saturated heterocycles. The van der Waals surface area contributed by atoms with E-state index in [4.69, 9.17) is 4.42 Å². The lowest BCUT2D eigenvalue weighted by Crippen LogP contribution is -2.43. The summed E-state index contributed by atoms with van der Waals surface area (Å²) in [5.41, 5.74) is 1.11. The molecule has 1 aromatic heterocycles. The molecule has 2 heterocycles. The monoisotopic (exact) mass is 304 g/mol. The molecule has 1 atom stereocenters. The summed E-state index contributed by atoms with van der Waals surface area (Å²) in [5, 5.41) is 13.1. The number of aryl methyl sites for hydroxylation is 1. The maximum Gasteiger partial charge on any atom is 0.257 e. The largest absolute Gasteiger partial charge is 0.445 e. The number of nitrogens with one attached hydrogen (secondary N) is 1. The van der Waals surface area contributed by atoms with Crippen molar-refractivity contribution in [3.8, 4) is 11.5 Å². The van der Waals surface area contributed by atoms with Crippen molar-refractivity contribution >= 4 is 23.4 Å². The molecule has 1 unspecified atom stereocenters. The van der Waals surface area contributed by atoms with Crippen LogP contribution >= 0.6 is 11.8 Å². The number of aliphatic hydroxyl groups is 1. The number of hydrogen-bond donors (Lipinski definition) is 2. The number of amides is 1.